The lowest BCUT2D eigenvalue weighted by Gasteiger charge is -2.42. The molecular weight excluding hydrogens is 324 g/mol. The van der Waals surface area contributed by atoms with Crippen LogP contribution in [0, 0.1) is 5.41 Å². The zero-order chi connectivity index (χ0) is 18.1. The smallest absolute Gasteiger partial charge is 0.235 e. The molecule has 0 spiro atoms. The van der Waals surface area contributed by atoms with Crippen molar-refractivity contribution in [2.24, 2.45) is 5.41 Å². The number of nitrogens with zero attached hydrogens (tertiary/aromatic N) is 4. The zero-order valence-electron chi connectivity index (χ0n) is 15.8. The summed E-state index contributed by atoms with van der Waals surface area (Å²) in [7, 11) is 2.12. The summed E-state index contributed by atoms with van der Waals surface area (Å²) < 4.78 is 0. The van der Waals surface area contributed by atoms with Gasteiger partial charge in [-0.15, -0.1) is 0 Å². The quantitative estimate of drug-likeness (QED) is 0.793. The standard InChI is InChI=1S/C21H26N4O/c1-20(2)14-8-9-21(20,19(26)25-12-10-24(3)11-13-25)18-17(14)22-15-6-4-5-7-16(15)23-18/h4-7,14H,8-13H2,1-3H3. The number of hydrogen-bond acceptors (Lipinski definition) is 4. The summed E-state index contributed by atoms with van der Waals surface area (Å²) in [6.07, 6.45) is 1.93. The Morgan fingerprint density at radius 3 is 2.42 bits per heavy atom. The van der Waals surface area contributed by atoms with E-state index in [4.69, 9.17) is 9.97 Å². The van der Waals surface area contributed by atoms with E-state index in [1.54, 1.807) is 0 Å². The van der Waals surface area contributed by atoms with Crippen LogP contribution in [0.3, 0.4) is 0 Å². The van der Waals surface area contributed by atoms with Gasteiger partial charge in [-0.2, -0.15) is 0 Å². The summed E-state index contributed by atoms with van der Waals surface area (Å²) in [5.41, 5.74) is 3.23. The van der Waals surface area contributed by atoms with Gasteiger partial charge >= 0.3 is 0 Å². The Morgan fingerprint density at radius 2 is 1.73 bits per heavy atom. The van der Waals surface area contributed by atoms with Crippen molar-refractivity contribution in [2.45, 2.75) is 38.0 Å². The predicted octanol–water partition coefficient (Wildman–Crippen LogP) is 2.56. The van der Waals surface area contributed by atoms with Crippen LogP contribution in [0.1, 0.15) is 44.0 Å². The van der Waals surface area contributed by atoms with E-state index < -0.39 is 5.41 Å². The van der Waals surface area contributed by atoms with E-state index in [0.29, 0.717) is 5.92 Å². The molecule has 26 heavy (non-hydrogen) atoms. The van der Waals surface area contributed by atoms with E-state index in [0.717, 1.165) is 61.4 Å². The van der Waals surface area contributed by atoms with E-state index in [1.165, 1.54) is 0 Å². The second-order valence-electron chi connectivity index (χ2n) is 8.76. The fourth-order valence-electron chi connectivity index (χ4n) is 5.58. The van der Waals surface area contributed by atoms with Crippen molar-refractivity contribution < 1.29 is 4.79 Å². The second-order valence-corrected chi connectivity index (χ2v) is 8.76. The number of likely N-dealkylation sites (N-methyl/N-ethyl adjacent to an activating group) is 1. The van der Waals surface area contributed by atoms with Crippen molar-refractivity contribution in [3.05, 3.63) is 35.7 Å². The maximum Gasteiger partial charge on any atom is 0.235 e. The van der Waals surface area contributed by atoms with Gasteiger partial charge in [0.05, 0.1) is 27.8 Å². The summed E-state index contributed by atoms with van der Waals surface area (Å²) in [6, 6.07) is 8.04. The van der Waals surface area contributed by atoms with E-state index in [1.807, 2.05) is 24.3 Å². The van der Waals surface area contributed by atoms with Gasteiger partial charge < -0.3 is 9.80 Å². The van der Waals surface area contributed by atoms with Crippen LogP contribution in [0.15, 0.2) is 24.3 Å². The van der Waals surface area contributed by atoms with Gasteiger partial charge in [-0.1, -0.05) is 26.0 Å². The normalized spacial score (nSPS) is 30.0. The summed E-state index contributed by atoms with van der Waals surface area (Å²) >= 11 is 0. The average Bonchev–Trinajstić information content (AvgIpc) is 3.01. The highest BCUT2D eigenvalue weighted by Crippen LogP contribution is 2.67. The third-order valence-corrected chi connectivity index (χ3v) is 7.27. The Bertz CT molecular complexity index is 900. The van der Waals surface area contributed by atoms with Crippen molar-refractivity contribution in [2.75, 3.05) is 33.2 Å². The molecule has 2 atom stereocenters. The van der Waals surface area contributed by atoms with Crippen molar-refractivity contribution in [1.29, 1.82) is 0 Å². The topological polar surface area (TPSA) is 49.3 Å². The van der Waals surface area contributed by atoms with Gasteiger partial charge in [-0.3, -0.25) is 4.79 Å². The Balaban J connectivity index is 1.66. The lowest BCUT2D eigenvalue weighted by atomic mass is 9.67. The molecule has 1 aliphatic heterocycles. The third kappa shape index (κ3) is 1.87. The fraction of sp³-hybridized carbons (Fsp3) is 0.571. The molecule has 5 rings (SSSR count). The van der Waals surface area contributed by atoms with Crippen LogP contribution in [0.25, 0.3) is 11.0 Å². The van der Waals surface area contributed by atoms with Crippen molar-refractivity contribution >= 4 is 16.9 Å². The molecule has 1 aromatic carbocycles. The van der Waals surface area contributed by atoms with Crippen LogP contribution >= 0.6 is 0 Å². The van der Waals surface area contributed by atoms with Crippen LogP contribution in [-0.4, -0.2) is 58.9 Å². The number of benzene rings is 1. The SMILES string of the molecule is CN1CCN(C(=O)C23CCC(c4nc5ccccc5nc42)C3(C)C)CC1. The van der Waals surface area contributed by atoms with Gasteiger partial charge in [0.15, 0.2) is 0 Å². The number of carbonyl (C=O) groups excluding carboxylic acids is 1. The first-order chi connectivity index (χ1) is 12.4. The molecular formula is C21H26N4O. The molecule has 0 radical (unpaired) electrons. The molecule has 3 aliphatic rings. The number of amides is 1. The summed E-state index contributed by atoms with van der Waals surface area (Å²) in [5, 5.41) is 0. The Hall–Kier alpha value is -2.01. The molecule has 1 aromatic heterocycles. The maximum atomic E-state index is 13.8. The highest BCUT2D eigenvalue weighted by Gasteiger charge is 2.68. The van der Waals surface area contributed by atoms with Crippen molar-refractivity contribution in [3.8, 4) is 0 Å². The van der Waals surface area contributed by atoms with Gasteiger partial charge in [-0.25, -0.2) is 9.97 Å². The molecule has 2 bridgehead atoms. The van der Waals surface area contributed by atoms with E-state index in [9.17, 15) is 4.79 Å². The molecule has 136 valence electrons. The number of para-hydroxylation sites is 2. The van der Waals surface area contributed by atoms with Crippen molar-refractivity contribution in [1.82, 2.24) is 19.8 Å². The monoisotopic (exact) mass is 350 g/mol. The molecule has 1 saturated carbocycles. The second kappa shape index (κ2) is 5.26. The first-order valence-electron chi connectivity index (χ1n) is 9.70. The molecule has 2 fully saturated rings. The number of fused-ring (bicyclic) bond motifs is 6. The minimum absolute atomic E-state index is 0.132. The molecule has 2 heterocycles. The van der Waals surface area contributed by atoms with Gasteiger partial charge in [-0.05, 0) is 37.4 Å². The van der Waals surface area contributed by atoms with Gasteiger partial charge in [0, 0.05) is 32.1 Å². The minimum Gasteiger partial charge on any atom is -0.339 e. The van der Waals surface area contributed by atoms with Gasteiger partial charge in [0.1, 0.15) is 0 Å². The number of rotatable bonds is 1. The first-order valence-corrected chi connectivity index (χ1v) is 9.70. The van der Waals surface area contributed by atoms with Crippen LogP contribution in [0.4, 0.5) is 0 Å². The molecule has 2 aromatic rings. The van der Waals surface area contributed by atoms with Crippen LogP contribution in [-0.2, 0) is 10.2 Å². The fourth-order valence-corrected chi connectivity index (χ4v) is 5.58. The van der Waals surface area contributed by atoms with E-state index in [2.05, 4.69) is 30.7 Å². The summed E-state index contributed by atoms with van der Waals surface area (Å²) in [4.78, 5) is 28.2. The number of hydrogen-bond donors (Lipinski definition) is 0. The molecule has 5 heteroatoms. The molecule has 1 saturated heterocycles. The predicted molar refractivity (Wildman–Crippen MR) is 101 cm³/mol. The highest BCUT2D eigenvalue weighted by atomic mass is 16.2. The van der Waals surface area contributed by atoms with Crippen molar-refractivity contribution in [3.63, 3.8) is 0 Å². The third-order valence-electron chi connectivity index (χ3n) is 7.27. The zero-order valence-corrected chi connectivity index (χ0v) is 15.8. The number of aromatic nitrogens is 2. The number of piperazine rings is 1. The maximum absolute atomic E-state index is 13.8. The summed E-state index contributed by atoms with van der Waals surface area (Å²) in [5.74, 6) is 0.604. The van der Waals surface area contributed by atoms with E-state index in [-0.39, 0.29) is 11.3 Å². The van der Waals surface area contributed by atoms with Gasteiger partial charge in [0.25, 0.3) is 0 Å². The molecule has 1 amide bonds. The number of carbonyl (C=O) groups is 1. The largest absolute Gasteiger partial charge is 0.339 e. The lowest BCUT2D eigenvalue weighted by molar-refractivity contribution is -0.142. The van der Waals surface area contributed by atoms with Crippen LogP contribution < -0.4 is 0 Å². The Labute approximate surface area is 154 Å². The van der Waals surface area contributed by atoms with Crippen LogP contribution in [0.5, 0.6) is 0 Å². The minimum atomic E-state index is -0.514. The average molecular weight is 350 g/mol. The molecule has 2 unspecified atom stereocenters. The molecule has 0 N–H and O–H groups in total. The van der Waals surface area contributed by atoms with Gasteiger partial charge in [0.2, 0.25) is 5.91 Å². The lowest BCUT2D eigenvalue weighted by Crippen LogP contribution is -2.56. The Morgan fingerprint density at radius 1 is 1.08 bits per heavy atom. The first kappa shape index (κ1) is 16.2. The molecule has 5 nitrogen and oxygen atoms in total. The molecule has 2 aliphatic carbocycles. The highest BCUT2D eigenvalue weighted by molar-refractivity contribution is 5.92. The van der Waals surface area contributed by atoms with E-state index >= 15 is 0 Å². The summed E-state index contributed by atoms with van der Waals surface area (Å²) in [6.45, 7) is 8.03. The Kier molecular flexibility index (Phi) is 3.27. The van der Waals surface area contributed by atoms with Crippen LogP contribution in [0.2, 0.25) is 0 Å².